The molecule has 1 aromatic heterocycles. The van der Waals surface area contributed by atoms with Crippen LogP contribution in [-0.4, -0.2) is 21.0 Å². The van der Waals surface area contributed by atoms with Crippen LogP contribution < -0.4 is 0 Å². The molecule has 4 nitrogen and oxygen atoms in total. The number of nitrogens with zero attached hydrogens (tertiary/aromatic N) is 1. The van der Waals surface area contributed by atoms with Crippen molar-refractivity contribution in [3.63, 3.8) is 0 Å². The first-order valence-corrected chi connectivity index (χ1v) is 4.95. The number of rotatable bonds is 2. The van der Waals surface area contributed by atoms with Gasteiger partial charge >= 0.3 is 5.97 Å². The molecule has 16 heavy (non-hydrogen) atoms. The highest BCUT2D eigenvalue weighted by molar-refractivity contribution is 5.87. The van der Waals surface area contributed by atoms with Crippen LogP contribution in [0.4, 0.5) is 0 Å². The van der Waals surface area contributed by atoms with E-state index in [-0.39, 0.29) is 5.69 Å². The van der Waals surface area contributed by atoms with Crippen LogP contribution in [0.25, 0.3) is 11.4 Å². The molecule has 2 rings (SSSR count). The van der Waals surface area contributed by atoms with Crippen molar-refractivity contribution in [1.82, 2.24) is 9.97 Å². The first-order chi connectivity index (χ1) is 7.59. The van der Waals surface area contributed by atoms with Gasteiger partial charge in [0.25, 0.3) is 0 Å². The molecule has 0 atom stereocenters. The van der Waals surface area contributed by atoms with Crippen molar-refractivity contribution in [3.05, 3.63) is 41.2 Å². The fourth-order valence-corrected chi connectivity index (χ4v) is 1.63. The Balaban J connectivity index is 2.54. The van der Waals surface area contributed by atoms with E-state index < -0.39 is 5.97 Å². The van der Waals surface area contributed by atoms with Gasteiger partial charge in [-0.1, -0.05) is 24.3 Å². The van der Waals surface area contributed by atoms with Crippen molar-refractivity contribution in [2.45, 2.75) is 13.8 Å². The number of carbonyl (C=O) groups is 1. The molecular formula is C12H12N2O2. The SMILES string of the molecule is Cc1ccccc1-c1nc(C(=O)O)c(C)[nH]1. The smallest absolute Gasteiger partial charge is 0.356 e. The molecule has 0 aliphatic rings. The number of aryl methyl sites for hydroxylation is 2. The first-order valence-electron chi connectivity index (χ1n) is 4.95. The second-order valence-electron chi connectivity index (χ2n) is 3.68. The molecule has 0 aliphatic heterocycles. The van der Waals surface area contributed by atoms with Gasteiger partial charge in [-0.25, -0.2) is 9.78 Å². The summed E-state index contributed by atoms with van der Waals surface area (Å²) in [6, 6.07) is 7.72. The van der Waals surface area contributed by atoms with E-state index >= 15 is 0 Å². The monoisotopic (exact) mass is 216 g/mol. The number of benzene rings is 1. The summed E-state index contributed by atoms with van der Waals surface area (Å²) in [7, 11) is 0. The van der Waals surface area contributed by atoms with E-state index in [0.717, 1.165) is 11.1 Å². The highest BCUT2D eigenvalue weighted by atomic mass is 16.4. The summed E-state index contributed by atoms with van der Waals surface area (Å²) in [6.45, 7) is 3.67. The number of imidazole rings is 1. The zero-order valence-electron chi connectivity index (χ0n) is 9.11. The second kappa shape index (κ2) is 3.81. The number of aromatic nitrogens is 2. The van der Waals surface area contributed by atoms with Crippen LogP contribution >= 0.6 is 0 Å². The van der Waals surface area contributed by atoms with E-state index in [2.05, 4.69) is 9.97 Å². The topological polar surface area (TPSA) is 66.0 Å². The van der Waals surface area contributed by atoms with Crippen LogP contribution in [0.5, 0.6) is 0 Å². The largest absolute Gasteiger partial charge is 0.476 e. The molecule has 0 bridgehead atoms. The minimum absolute atomic E-state index is 0.0817. The van der Waals surface area contributed by atoms with E-state index in [0.29, 0.717) is 11.5 Å². The average molecular weight is 216 g/mol. The molecule has 0 aliphatic carbocycles. The lowest BCUT2D eigenvalue weighted by molar-refractivity contribution is 0.0690. The van der Waals surface area contributed by atoms with Crippen molar-refractivity contribution in [1.29, 1.82) is 0 Å². The number of H-pyrrole nitrogens is 1. The van der Waals surface area contributed by atoms with Crippen LogP contribution in [0.3, 0.4) is 0 Å². The van der Waals surface area contributed by atoms with Gasteiger partial charge in [0, 0.05) is 11.3 Å². The van der Waals surface area contributed by atoms with E-state index in [1.807, 2.05) is 31.2 Å². The maximum absolute atomic E-state index is 10.9. The van der Waals surface area contributed by atoms with Crippen LogP contribution in [0.1, 0.15) is 21.7 Å². The summed E-state index contributed by atoms with van der Waals surface area (Å²) < 4.78 is 0. The molecule has 1 aromatic carbocycles. The van der Waals surface area contributed by atoms with Gasteiger partial charge in [-0.05, 0) is 19.4 Å². The number of aromatic carboxylic acids is 1. The van der Waals surface area contributed by atoms with Gasteiger partial charge < -0.3 is 10.1 Å². The Morgan fingerprint density at radius 2 is 2.00 bits per heavy atom. The third kappa shape index (κ3) is 1.69. The predicted molar refractivity (Wildman–Crippen MR) is 60.5 cm³/mol. The lowest BCUT2D eigenvalue weighted by Gasteiger charge is -2.00. The summed E-state index contributed by atoms with van der Waals surface area (Å²) in [5.74, 6) is -0.401. The lowest BCUT2D eigenvalue weighted by Crippen LogP contribution is -1.98. The van der Waals surface area contributed by atoms with E-state index in [1.165, 1.54) is 0 Å². The van der Waals surface area contributed by atoms with Gasteiger partial charge in [0.2, 0.25) is 0 Å². The number of hydrogen-bond donors (Lipinski definition) is 2. The van der Waals surface area contributed by atoms with E-state index in [1.54, 1.807) is 6.92 Å². The molecule has 0 fully saturated rings. The Morgan fingerprint density at radius 3 is 2.56 bits per heavy atom. The molecule has 4 heteroatoms. The Morgan fingerprint density at radius 1 is 1.31 bits per heavy atom. The quantitative estimate of drug-likeness (QED) is 0.810. The van der Waals surface area contributed by atoms with Crippen molar-refractivity contribution in [2.24, 2.45) is 0 Å². The molecule has 0 saturated heterocycles. The van der Waals surface area contributed by atoms with Crippen LogP contribution in [-0.2, 0) is 0 Å². The van der Waals surface area contributed by atoms with Crippen LogP contribution in [0.2, 0.25) is 0 Å². The molecule has 2 aromatic rings. The highest BCUT2D eigenvalue weighted by Gasteiger charge is 2.14. The van der Waals surface area contributed by atoms with Gasteiger partial charge in [-0.15, -0.1) is 0 Å². The summed E-state index contributed by atoms with van der Waals surface area (Å²) in [4.78, 5) is 17.9. The fourth-order valence-electron chi connectivity index (χ4n) is 1.63. The second-order valence-corrected chi connectivity index (χ2v) is 3.68. The summed E-state index contributed by atoms with van der Waals surface area (Å²) in [5, 5.41) is 8.91. The normalized spacial score (nSPS) is 10.4. The van der Waals surface area contributed by atoms with Crippen molar-refractivity contribution >= 4 is 5.97 Å². The van der Waals surface area contributed by atoms with Gasteiger partial charge in [-0.3, -0.25) is 0 Å². The molecule has 0 radical (unpaired) electrons. The summed E-state index contributed by atoms with van der Waals surface area (Å²) >= 11 is 0. The van der Waals surface area contributed by atoms with Crippen molar-refractivity contribution in [3.8, 4) is 11.4 Å². The zero-order valence-corrected chi connectivity index (χ0v) is 9.11. The third-order valence-electron chi connectivity index (χ3n) is 2.49. The Bertz CT molecular complexity index is 544. The minimum Gasteiger partial charge on any atom is -0.476 e. The van der Waals surface area contributed by atoms with E-state index in [4.69, 9.17) is 5.11 Å². The number of hydrogen-bond acceptors (Lipinski definition) is 2. The molecule has 1 heterocycles. The molecule has 0 unspecified atom stereocenters. The van der Waals surface area contributed by atoms with Crippen LogP contribution in [0, 0.1) is 13.8 Å². The molecule has 0 spiro atoms. The average Bonchev–Trinajstić information content (AvgIpc) is 2.61. The predicted octanol–water partition coefficient (Wildman–Crippen LogP) is 2.39. The van der Waals surface area contributed by atoms with Crippen molar-refractivity contribution < 1.29 is 9.90 Å². The van der Waals surface area contributed by atoms with Gasteiger partial charge in [0.05, 0.1) is 0 Å². The minimum atomic E-state index is -1.01. The molecule has 82 valence electrons. The molecular weight excluding hydrogens is 204 g/mol. The highest BCUT2D eigenvalue weighted by Crippen LogP contribution is 2.21. The molecule has 0 saturated carbocycles. The number of nitrogens with one attached hydrogen (secondary N) is 1. The Hall–Kier alpha value is -2.10. The number of carboxylic acids is 1. The van der Waals surface area contributed by atoms with Crippen molar-refractivity contribution in [2.75, 3.05) is 0 Å². The molecule has 2 N–H and O–H groups in total. The Labute approximate surface area is 93.0 Å². The third-order valence-corrected chi connectivity index (χ3v) is 2.49. The number of carboxylic acid groups (broad SMARTS) is 1. The number of aromatic amines is 1. The maximum Gasteiger partial charge on any atom is 0.356 e. The lowest BCUT2D eigenvalue weighted by atomic mass is 10.1. The standard InChI is InChI=1S/C12H12N2O2/c1-7-5-3-4-6-9(7)11-13-8(2)10(14-11)12(15)16/h3-6H,1-2H3,(H,13,14)(H,15,16). The molecule has 0 amide bonds. The van der Waals surface area contributed by atoms with Gasteiger partial charge in [0.1, 0.15) is 5.82 Å². The van der Waals surface area contributed by atoms with Gasteiger partial charge in [0.15, 0.2) is 5.69 Å². The van der Waals surface area contributed by atoms with Gasteiger partial charge in [-0.2, -0.15) is 0 Å². The maximum atomic E-state index is 10.9. The summed E-state index contributed by atoms with van der Waals surface area (Å²) in [6.07, 6.45) is 0. The zero-order chi connectivity index (χ0) is 11.7. The fraction of sp³-hybridized carbons (Fsp3) is 0.167. The first kappa shape index (κ1) is 10.4. The van der Waals surface area contributed by atoms with Crippen LogP contribution in [0.15, 0.2) is 24.3 Å². The summed E-state index contributed by atoms with van der Waals surface area (Å²) in [5.41, 5.74) is 2.65. The van der Waals surface area contributed by atoms with E-state index in [9.17, 15) is 4.79 Å². The Kier molecular flexibility index (Phi) is 2.48.